The van der Waals surface area contributed by atoms with Crippen molar-refractivity contribution in [3.63, 3.8) is 0 Å². The Morgan fingerprint density at radius 2 is 1.92 bits per heavy atom. The number of rotatable bonds is 3. The second kappa shape index (κ2) is 4.95. The van der Waals surface area contributed by atoms with E-state index in [1.165, 1.54) is 6.08 Å². The molecule has 0 spiro atoms. The monoisotopic (exact) mass is 179 g/mol. The smallest absolute Gasteiger partial charge is 0.281 e. The first-order valence-corrected chi connectivity index (χ1v) is 3.80. The van der Waals surface area contributed by atoms with E-state index >= 15 is 0 Å². The number of halogens is 3. The third-order valence-electron chi connectivity index (χ3n) is 1.13. The van der Waals surface area contributed by atoms with Crippen LogP contribution >= 0.6 is 0 Å². The standard InChI is InChI=1S/C8H12F3N/c1-3-5-6-7(12-4-2)8(9,10)11/h5-6H,3-4H2,1-2H3/b6-5-,12-7?. The first-order valence-electron chi connectivity index (χ1n) is 3.80. The molecule has 4 heteroatoms. The van der Waals surface area contributed by atoms with E-state index in [1.807, 2.05) is 0 Å². The van der Waals surface area contributed by atoms with Crippen molar-refractivity contribution in [2.45, 2.75) is 26.4 Å². The summed E-state index contributed by atoms with van der Waals surface area (Å²) < 4.78 is 36.1. The van der Waals surface area contributed by atoms with Crippen LogP contribution < -0.4 is 0 Å². The van der Waals surface area contributed by atoms with Crippen LogP contribution in [0.2, 0.25) is 0 Å². The summed E-state index contributed by atoms with van der Waals surface area (Å²) >= 11 is 0. The van der Waals surface area contributed by atoms with Gasteiger partial charge in [-0.05, 0) is 19.4 Å². The van der Waals surface area contributed by atoms with Crippen LogP contribution in [-0.4, -0.2) is 18.4 Å². The van der Waals surface area contributed by atoms with Crippen LogP contribution in [0.1, 0.15) is 20.3 Å². The molecule has 0 aromatic heterocycles. The van der Waals surface area contributed by atoms with Crippen molar-refractivity contribution in [2.75, 3.05) is 6.54 Å². The lowest BCUT2D eigenvalue weighted by Gasteiger charge is -2.05. The lowest BCUT2D eigenvalue weighted by Crippen LogP contribution is -2.20. The van der Waals surface area contributed by atoms with Crippen LogP contribution in [0.15, 0.2) is 17.1 Å². The van der Waals surface area contributed by atoms with E-state index in [1.54, 1.807) is 13.8 Å². The van der Waals surface area contributed by atoms with Gasteiger partial charge in [0.1, 0.15) is 5.71 Å². The maximum absolute atomic E-state index is 12.0. The lowest BCUT2D eigenvalue weighted by molar-refractivity contribution is -0.0578. The molecule has 0 atom stereocenters. The average molecular weight is 179 g/mol. The van der Waals surface area contributed by atoms with Crippen LogP contribution in [-0.2, 0) is 0 Å². The summed E-state index contributed by atoms with van der Waals surface area (Å²) in [5, 5.41) is 0. The van der Waals surface area contributed by atoms with Crippen LogP contribution in [0, 0.1) is 0 Å². The number of allylic oxidation sites excluding steroid dienone is 2. The molecule has 0 aliphatic heterocycles. The Labute approximate surface area is 70.0 Å². The fourth-order valence-electron chi connectivity index (χ4n) is 0.637. The number of hydrogen-bond acceptors (Lipinski definition) is 1. The Morgan fingerprint density at radius 1 is 1.33 bits per heavy atom. The highest BCUT2D eigenvalue weighted by Gasteiger charge is 2.33. The van der Waals surface area contributed by atoms with Crippen molar-refractivity contribution in [3.8, 4) is 0 Å². The number of hydrogen-bond donors (Lipinski definition) is 0. The van der Waals surface area contributed by atoms with E-state index in [2.05, 4.69) is 4.99 Å². The van der Waals surface area contributed by atoms with Crippen LogP contribution in [0.4, 0.5) is 13.2 Å². The maximum Gasteiger partial charge on any atom is 0.432 e. The molecular formula is C8H12F3N. The van der Waals surface area contributed by atoms with Gasteiger partial charge in [0, 0.05) is 6.54 Å². The molecule has 0 saturated heterocycles. The summed E-state index contributed by atoms with van der Waals surface area (Å²) in [7, 11) is 0. The summed E-state index contributed by atoms with van der Waals surface area (Å²) in [6, 6.07) is 0. The van der Waals surface area contributed by atoms with Crippen LogP contribution in [0.25, 0.3) is 0 Å². The SMILES string of the molecule is CC/C=C\C(=NCC)C(F)(F)F. The Morgan fingerprint density at radius 3 is 2.25 bits per heavy atom. The van der Waals surface area contributed by atoms with Crippen molar-refractivity contribution in [1.82, 2.24) is 0 Å². The molecule has 0 heterocycles. The van der Waals surface area contributed by atoms with Crippen LogP contribution in [0.5, 0.6) is 0 Å². The quantitative estimate of drug-likeness (QED) is 0.590. The highest BCUT2D eigenvalue weighted by atomic mass is 19.4. The van der Waals surface area contributed by atoms with E-state index in [-0.39, 0.29) is 6.54 Å². The van der Waals surface area contributed by atoms with E-state index < -0.39 is 11.9 Å². The molecular weight excluding hydrogens is 167 g/mol. The molecule has 0 N–H and O–H groups in total. The van der Waals surface area contributed by atoms with Crippen molar-refractivity contribution in [3.05, 3.63) is 12.2 Å². The number of nitrogens with zero attached hydrogens (tertiary/aromatic N) is 1. The zero-order valence-electron chi connectivity index (χ0n) is 7.15. The zero-order chi connectivity index (χ0) is 9.61. The molecule has 0 aliphatic carbocycles. The minimum absolute atomic E-state index is 0.156. The Bertz CT molecular complexity index is 179. The topological polar surface area (TPSA) is 12.4 Å². The summed E-state index contributed by atoms with van der Waals surface area (Å²) in [4.78, 5) is 3.34. The second-order valence-electron chi connectivity index (χ2n) is 2.17. The first kappa shape index (κ1) is 11.2. The molecule has 0 bridgehead atoms. The lowest BCUT2D eigenvalue weighted by atomic mass is 10.3. The van der Waals surface area contributed by atoms with Crippen molar-refractivity contribution in [2.24, 2.45) is 4.99 Å². The maximum atomic E-state index is 12.0. The molecule has 12 heavy (non-hydrogen) atoms. The van der Waals surface area contributed by atoms with Gasteiger partial charge in [0.15, 0.2) is 0 Å². The van der Waals surface area contributed by atoms with Gasteiger partial charge >= 0.3 is 6.18 Å². The van der Waals surface area contributed by atoms with E-state index in [0.29, 0.717) is 6.42 Å². The molecule has 0 fully saturated rings. The molecule has 0 rings (SSSR count). The highest BCUT2D eigenvalue weighted by molar-refractivity contribution is 5.99. The zero-order valence-corrected chi connectivity index (χ0v) is 7.15. The first-order chi connectivity index (χ1) is 5.52. The van der Waals surface area contributed by atoms with Crippen molar-refractivity contribution >= 4 is 5.71 Å². The van der Waals surface area contributed by atoms with Gasteiger partial charge in [0.25, 0.3) is 0 Å². The van der Waals surface area contributed by atoms with Crippen molar-refractivity contribution in [1.29, 1.82) is 0 Å². The Kier molecular flexibility index (Phi) is 4.62. The third-order valence-corrected chi connectivity index (χ3v) is 1.13. The van der Waals surface area contributed by atoms with Gasteiger partial charge < -0.3 is 0 Å². The second-order valence-corrected chi connectivity index (χ2v) is 2.17. The van der Waals surface area contributed by atoms with E-state index in [4.69, 9.17) is 0 Å². The molecule has 0 aromatic rings. The normalized spacial score (nSPS) is 14.2. The predicted octanol–water partition coefficient (Wildman–Crippen LogP) is 2.98. The van der Waals surface area contributed by atoms with Crippen LogP contribution in [0.3, 0.4) is 0 Å². The fraction of sp³-hybridized carbons (Fsp3) is 0.625. The molecule has 0 aliphatic rings. The van der Waals surface area contributed by atoms with Gasteiger partial charge in [-0.3, -0.25) is 4.99 Å². The minimum atomic E-state index is -4.32. The third kappa shape index (κ3) is 4.16. The molecule has 0 saturated carbocycles. The summed E-state index contributed by atoms with van der Waals surface area (Å²) in [5.41, 5.74) is -0.799. The van der Waals surface area contributed by atoms with Gasteiger partial charge in [-0.25, -0.2) is 0 Å². The van der Waals surface area contributed by atoms with Gasteiger partial charge in [0.05, 0.1) is 0 Å². The van der Waals surface area contributed by atoms with Crippen molar-refractivity contribution < 1.29 is 13.2 Å². The largest absolute Gasteiger partial charge is 0.432 e. The molecule has 0 unspecified atom stereocenters. The molecule has 0 amide bonds. The molecule has 1 nitrogen and oxygen atoms in total. The molecule has 70 valence electrons. The number of alkyl halides is 3. The van der Waals surface area contributed by atoms with Gasteiger partial charge in [-0.1, -0.05) is 13.0 Å². The summed E-state index contributed by atoms with van der Waals surface area (Å²) in [6.07, 6.45) is -1.27. The molecule has 0 radical (unpaired) electrons. The highest BCUT2D eigenvalue weighted by Crippen LogP contribution is 2.18. The fourth-order valence-corrected chi connectivity index (χ4v) is 0.637. The summed E-state index contributed by atoms with van der Waals surface area (Å²) in [5.74, 6) is 0. The van der Waals surface area contributed by atoms with Gasteiger partial charge in [0.2, 0.25) is 0 Å². The Balaban J connectivity index is 4.46. The summed E-state index contributed by atoms with van der Waals surface area (Å²) in [6.45, 7) is 3.50. The van der Waals surface area contributed by atoms with Gasteiger partial charge in [-0.2, -0.15) is 13.2 Å². The van der Waals surface area contributed by atoms with E-state index in [0.717, 1.165) is 6.08 Å². The minimum Gasteiger partial charge on any atom is -0.281 e. The van der Waals surface area contributed by atoms with Gasteiger partial charge in [-0.15, -0.1) is 0 Å². The average Bonchev–Trinajstić information content (AvgIpc) is 1.95. The molecule has 0 aromatic carbocycles. The van der Waals surface area contributed by atoms with E-state index in [9.17, 15) is 13.2 Å². The number of aliphatic imine (C=N–C) groups is 1. The predicted molar refractivity (Wildman–Crippen MR) is 43.5 cm³/mol. The Hall–Kier alpha value is -0.800.